The Bertz CT molecular complexity index is 1160. The van der Waals surface area contributed by atoms with Gasteiger partial charge in [-0.05, 0) is 30.3 Å². The molecule has 2 aromatic carbocycles. The molecule has 1 aromatic heterocycles. The van der Waals surface area contributed by atoms with Gasteiger partial charge in [0.25, 0.3) is 5.91 Å². The van der Waals surface area contributed by atoms with Crippen LogP contribution in [0, 0.1) is 0 Å². The van der Waals surface area contributed by atoms with Gasteiger partial charge in [0, 0.05) is 6.07 Å². The van der Waals surface area contributed by atoms with Crippen LogP contribution in [-0.2, 0) is 15.7 Å². The molecule has 0 bridgehead atoms. The van der Waals surface area contributed by atoms with Crippen LogP contribution in [0.1, 0.15) is 16.1 Å². The van der Waals surface area contributed by atoms with Gasteiger partial charge in [-0.15, -0.1) is 0 Å². The van der Waals surface area contributed by atoms with E-state index in [1.165, 1.54) is 12.1 Å². The average molecular weight is 426 g/mol. The summed E-state index contributed by atoms with van der Waals surface area (Å²) >= 11 is 5.78. The lowest BCUT2D eigenvalue weighted by atomic mass is 10.2. The van der Waals surface area contributed by atoms with E-state index in [1.54, 1.807) is 12.1 Å². The van der Waals surface area contributed by atoms with Gasteiger partial charge in [0.1, 0.15) is 5.58 Å². The molecule has 0 aliphatic heterocycles. The van der Waals surface area contributed by atoms with E-state index >= 15 is 0 Å². The maximum Gasteiger partial charge on any atom is 0.416 e. The van der Waals surface area contributed by atoms with E-state index in [4.69, 9.17) is 20.8 Å². The summed E-state index contributed by atoms with van der Waals surface area (Å²) in [5.41, 5.74) is -1.61. The lowest BCUT2D eigenvalue weighted by Gasteiger charge is -2.11. The molecule has 1 heterocycles. The molecule has 0 aliphatic rings. The standard InChI is InChI=1S/C19H11ClF3NO5/c20-12-6-5-10(19(21,22)23)7-13(12)24-17(26)9-28-18(27)16-8-14(25)11-3-1-2-4-15(11)29-16/h1-8H,9H2,(H,24,26). The molecule has 1 amide bonds. The average Bonchev–Trinajstić information content (AvgIpc) is 2.67. The minimum Gasteiger partial charge on any atom is -0.450 e. The third-order valence-corrected chi connectivity index (χ3v) is 4.07. The highest BCUT2D eigenvalue weighted by molar-refractivity contribution is 6.33. The van der Waals surface area contributed by atoms with Crippen LogP contribution in [-0.4, -0.2) is 18.5 Å². The summed E-state index contributed by atoms with van der Waals surface area (Å²) < 4.78 is 48.3. The molecule has 0 unspecified atom stereocenters. The van der Waals surface area contributed by atoms with Crippen molar-refractivity contribution in [2.45, 2.75) is 6.18 Å². The molecule has 3 aromatic rings. The molecular weight excluding hydrogens is 415 g/mol. The molecular formula is C19H11ClF3NO5. The highest BCUT2D eigenvalue weighted by atomic mass is 35.5. The van der Waals surface area contributed by atoms with E-state index in [0.29, 0.717) is 6.07 Å². The summed E-state index contributed by atoms with van der Waals surface area (Å²) in [4.78, 5) is 35.9. The highest BCUT2D eigenvalue weighted by Crippen LogP contribution is 2.33. The van der Waals surface area contributed by atoms with Crippen molar-refractivity contribution in [1.82, 2.24) is 0 Å². The van der Waals surface area contributed by atoms with Crippen LogP contribution < -0.4 is 10.7 Å². The van der Waals surface area contributed by atoms with Gasteiger partial charge in [0.05, 0.1) is 21.7 Å². The molecule has 3 rings (SSSR count). The van der Waals surface area contributed by atoms with Gasteiger partial charge >= 0.3 is 12.1 Å². The van der Waals surface area contributed by atoms with Gasteiger partial charge in [-0.25, -0.2) is 4.79 Å². The Labute approximate surface area is 165 Å². The second kappa shape index (κ2) is 7.96. The van der Waals surface area contributed by atoms with E-state index in [9.17, 15) is 27.6 Å². The van der Waals surface area contributed by atoms with Gasteiger partial charge in [-0.1, -0.05) is 23.7 Å². The maximum atomic E-state index is 12.8. The molecule has 150 valence electrons. The largest absolute Gasteiger partial charge is 0.450 e. The van der Waals surface area contributed by atoms with Crippen LogP contribution in [0.5, 0.6) is 0 Å². The number of amides is 1. The molecule has 0 saturated heterocycles. The summed E-state index contributed by atoms with van der Waals surface area (Å²) in [6, 6.07) is 9.55. The fraction of sp³-hybridized carbons (Fsp3) is 0.105. The molecule has 6 nitrogen and oxygen atoms in total. The van der Waals surface area contributed by atoms with Crippen LogP contribution >= 0.6 is 11.6 Å². The summed E-state index contributed by atoms with van der Waals surface area (Å²) in [5, 5.41) is 2.27. The second-order valence-electron chi connectivity index (χ2n) is 5.79. The summed E-state index contributed by atoms with van der Waals surface area (Å²) in [5.74, 6) is -2.43. The lowest BCUT2D eigenvalue weighted by Crippen LogP contribution is -2.22. The number of esters is 1. The number of fused-ring (bicyclic) bond motifs is 1. The Balaban J connectivity index is 1.68. The smallest absolute Gasteiger partial charge is 0.416 e. The molecule has 0 radical (unpaired) electrons. The fourth-order valence-electron chi connectivity index (χ4n) is 2.39. The van der Waals surface area contributed by atoms with Gasteiger partial charge in [0.2, 0.25) is 5.76 Å². The van der Waals surface area contributed by atoms with Crippen molar-refractivity contribution >= 4 is 40.1 Å². The topological polar surface area (TPSA) is 85.6 Å². The van der Waals surface area contributed by atoms with Crippen molar-refractivity contribution < 1.29 is 31.9 Å². The Morgan fingerprint density at radius 3 is 2.55 bits per heavy atom. The van der Waals surface area contributed by atoms with Crippen LogP contribution in [0.2, 0.25) is 5.02 Å². The molecule has 0 atom stereocenters. The normalized spacial score (nSPS) is 11.3. The first-order valence-electron chi connectivity index (χ1n) is 8.02. The number of para-hydroxylation sites is 1. The van der Waals surface area contributed by atoms with Crippen LogP contribution in [0.25, 0.3) is 11.0 Å². The van der Waals surface area contributed by atoms with E-state index in [0.717, 1.165) is 18.2 Å². The zero-order chi connectivity index (χ0) is 21.2. The molecule has 0 saturated carbocycles. The summed E-state index contributed by atoms with van der Waals surface area (Å²) in [6.45, 7) is -0.831. The minimum absolute atomic E-state index is 0.127. The predicted octanol–water partition coefficient (Wildman–Crippen LogP) is 4.26. The van der Waals surface area contributed by atoms with Crippen molar-refractivity contribution in [3.63, 3.8) is 0 Å². The van der Waals surface area contributed by atoms with E-state index < -0.39 is 41.4 Å². The molecule has 1 N–H and O–H groups in total. The Hall–Kier alpha value is -3.33. The van der Waals surface area contributed by atoms with Gasteiger partial charge in [-0.2, -0.15) is 13.2 Å². The van der Waals surface area contributed by atoms with Crippen LogP contribution in [0.15, 0.2) is 57.7 Å². The lowest BCUT2D eigenvalue weighted by molar-refractivity contribution is -0.137. The molecule has 29 heavy (non-hydrogen) atoms. The fourth-order valence-corrected chi connectivity index (χ4v) is 2.56. The highest BCUT2D eigenvalue weighted by Gasteiger charge is 2.31. The van der Waals surface area contributed by atoms with E-state index in [1.807, 2.05) is 0 Å². The predicted molar refractivity (Wildman–Crippen MR) is 97.9 cm³/mol. The first-order valence-corrected chi connectivity index (χ1v) is 8.39. The maximum absolute atomic E-state index is 12.8. The van der Waals surface area contributed by atoms with Crippen molar-refractivity contribution in [1.29, 1.82) is 0 Å². The van der Waals surface area contributed by atoms with Gasteiger partial charge in [-0.3, -0.25) is 9.59 Å². The van der Waals surface area contributed by atoms with Crippen LogP contribution in [0.3, 0.4) is 0 Å². The van der Waals surface area contributed by atoms with Gasteiger partial charge < -0.3 is 14.5 Å². The van der Waals surface area contributed by atoms with E-state index in [2.05, 4.69) is 5.32 Å². The SMILES string of the molecule is O=C(COC(=O)c1cc(=O)c2ccccc2o1)Nc1cc(C(F)(F)F)ccc1Cl. The Morgan fingerprint density at radius 1 is 1.10 bits per heavy atom. The molecule has 10 heteroatoms. The number of anilines is 1. The molecule has 0 fully saturated rings. The number of rotatable bonds is 4. The number of carbonyl (C=O) groups is 2. The van der Waals surface area contributed by atoms with Crippen molar-refractivity contribution in [2.24, 2.45) is 0 Å². The number of carbonyl (C=O) groups excluding carboxylic acids is 2. The first kappa shape index (κ1) is 20.4. The monoisotopic (exact) mass is 425 g/mol. The van der Waals surface area contributed by atoms with Gasteiger partial charge in [0.15, 0.2) is 12.0 Å². The first-order chi connectivity index (χ1) is 13.6. The van der Waals surface area contributed by atoms with Crippen molar-refractivity contribution in [2.75, 3.05) is 11.9 Å². The third kappa shape index (κ3) is 4.75. The Morgan fingerprint density at radius 2 is 1.83 bits per heavy atom. The van der Waals surface area contributed by atoms with E-state index in [-0.39, 0.29) is 21.7 Å². The number of nitrogens with one attached hydrogen (secondary N) is 1. The van der Waals surface area contributed by atoms with Crippen molar-refractivity contribution in [3.05, 3.63) is 75.1 Å². The molecule has 0 spiro atoms. The van der Waals surface area contributed by atoms with Crippen LogP contribution in [0.4, 0.5) is 18.9 Å². The Kier molecular flexibility index (Phi) is 5.60. The minimum atomic E-state index is -4.62. The zero-order valence-electron chi connectivity index (χ0n) is 14.4. The summed E-state index contributed by atoms with van der Waals surface area (Å²) in [7, 11) is 0. The number of benzene rings is 2. The second-order valence-corrected chi connectivity index (χ2v) is 6.19. The summed E-state index contributed by atoms with van der Waals surface area (Å²) in [6.07, 6.45) is -4.62. The zero-order valence-corrected chi connectivity index (χ0v) is 15.1. The quantitative estimate of drug-likeness (QED) is 0.631. The number of ether oxygens (including phenoxy) is 1. The number of alkyl halides is 3. The third-order valence-electron chi connectivity index (χ3n) is 3.74. The number of halogens is 4. The number of hydrogen-bond donors (Lipinski definition) is 1. The number of hydrogen-bond acceptors (Lipinski definition) is 5. The molecule has 0 aliphatic carbocycles. The van der Waals surface area contributed by atoms with Crippen molar-refractivity contribution in [3.8, 4) is 0 Å².